The van der Waals surface area contributed by atoms with Crippen LogP contribution in [0.5, 0.6) is 0 Å². The molecule has 0 radical (unpaired) electrons. The van der Waals surface area contributed by atoms with Crippen molar-refractivity contribution in [2.45, 2.75) is 26.3 Å². The summed E-state index contributed by atoms with van der Waals surface area (Å²) < 4.78 is 5.24. The number of aryl methyl sites for hydroxylation is 1. The molecule has 120 valence electrons. The minimum atomic E-state index is -1.08. The predicted molar refractivity (Wildman–Crippen MR) is 82.4 cm³/mol. The molecule has 1 aromatic carbocycles. The van der Waals surface area contributed by atoms with Gasteiger partial charge in [-0.05, 0) is 13.3 Å². The van der Waals surface area contributed by atoms with E-state index in [9.17, 15) is 14.4 Å². The van der Waals surface area contributed by atoms with Crippen LogP contribution in [0.2, 0.25) is 0 Å². The first kappa shape index (κ1) is 16.4. The summed E-state index contributed by atoms with van der Waals surface area (Å²) in [5.74, 6) is -2.15. The zero-order valence-electron chi connectivity index (χ0n) is 12.8. The maximum Gasteiger partial charge on any atom is 0.287 e. The van der Waals surface area contributed by atoms with E-state index in [0.717, 1.165) is 0 Å². The molecule has 0 unspecified atom stereocenters. The minimum Gasteiger partial charge on any atom is -0.363 e. The lowest BCUT2D eigenvalue weighted by Gasteiger charge is -2.14. The molecule has 2 amide bonds. The van der Waals surface area contributed by atoms with Crippen LogP contribution in [0.4, 0.5) is 0 Å². The van der Waals surface area contributed by atoms with E-state index >= 15 is 0 Å². The van der Waals surface area contributed by atoms with Gasteiger partial charge in [-0.15, -0.1) is 0 Å². The van der Waals surface area contributed by atoms with Gasteiger partial charge < -0.3 is 15.6 Å². The lowest BCUT2D eigenvalue weighted by molar-refractivity contribution is -0.137. The van der Waals surface area contributed by atoms with Crippen LogP contribution >= 0.6 is 0 Å². The fraction of sp³-hybridized carbons (Fsp3) is 0.250. The molecule has 0 saturated carbocycles. The highest BCUT2D eigenvalue weighted by Crippen LogP contribution is 2.26. The lowest BCUT2D eigenvalue weighted by Crippen LogP contribution is -2.45. The van der Waals surface area contributed by atoms with Gasteiger partial charge in [-0.25, -0.2) is 0 Å². The number of hydrogen-bond donors (Lipinski definition) is 2. The second kappa shape index (κ2) is 6.87. The predicted octanol–water partition coefficient (Wildman–Crippen LogP) is 1.21. The number of nitrogens with zero attached hydrogens (tertiary/aromatic N) is 1. The van der Waals surface area contributed by atoms with E-state index in [2.05, 4.69) is 10.5 Å². The molecule has 0 bridgehead atoms. The molecule has 2 aromatic rings. The highest BCUT2D eigenvalue weighted by molar-refractivity contribution is 6.38. The van der Waals surface area contributed by atoms with E-state index in [1.54, 1.807) is 38.1 Å². The molecule has 23 heavy (non-hydrogen) atoms. The number of carbonyl (C=O) groups excluding carboxylic acids is 3. The molecule has 3 N–H and O–H groups in total. The average Bonchev–Trinajstić information content (AvgIpc) is 2.94. The van der Waals surface area contributed by atoms with Crippen molar-refractivity contribution in [1.29, 1.82) is 0 Å². The van der Waals surface area contributed by atoms with Crippen molar-refractivity contribution in [1.82, 2.24) is 10.5 Å². The van der Waals surface area contributed by atoms with Crippen LogP contribution in [0, 0.1) is 6.92 Å². The molecular weight excluding hydrogens is 298 g/mol. The zero-order chi connectivity index (χ0) is 17.0. The number of nitrogens with two attached hydrogens (primary N) is 1. The van der Waals surface area contributed by atoms with Crippen molar-refractivity contribution in [2.75, 3.05) is 0 Å². The zero-order valence-corrected chi connectivity index (χ0v) is 12.8. The Kier molecular flexibility index (Phi) is 4.90. The third kappa shape index (κ3) is 3.45. The summed E-state index contributed by atoms with van der Waals surface area (Å²) in [6.45, 7) is 3.30. The smallest absolute Gasteiger partial charge is 0.287 e. The van der Waals surface area contributed by atoms with Crippen LogP contribution in [-0.4, -0.2) is 28.8 Å². The Bertz CT molecular complexity index is 737. The molecule has 7 nitrogen and oxygen atoms in total. The molecule has 0 aliphatic carbocycles. The minimum absolute atomic E-state index is 0.229. The Morgan fingerprint density at radius 3 is 2.48 bits per heavy atom. The maximum atomic E-state index is 12.5. The number of carbonyl (C=O) groups is 3. The quantitative estimate of drug-likeness (QED) is 0.777. The highest BCUT2D eigenvalue weighted by Gasteiger charge is 2.27. The summed E-state index contributed by atoms with van der Waals surface area (Å²) >= 11 is 0. The molecular formula is C16H17N3O4. The number of nitrogens with one attached hydrogen (secondary N) is 1. The van der Waals surface area contributed by atoms with E-state index in [4.69, 9.17) is 10.3 Å². The van der Waals surface area contributed by atoms with Crippen molar-refractivity contribution in [2.24, 2.45) is 5.73 Å². The van der Waals surface area contributed by atoms with Crippen LogP contribution < -0.4 is 11.1 Å². The molecule has 0 aliphatic rings. The molecule has 1 heterocycles. The molecule has 7 heteroatoms. The van der Waals surface area contributed by atoms with Gasteiger partial charge in [-0.2, -0.15) is 0 Å². The van der Waals surface area contributed by atoms with Crippen LogP contribution in [-0.2, 0) is 9.59 Å². The number of amides is 2. The molecule has 0 aliphatic heterocycles. The van der Waals surface area contributed by atoms with Crippen molar-refractivity contribution < 1.29 is 18.9 Å². The first-order valence-corrected chi connectivity index (χ1v) is 7.11. The van der Waals surface area contributed by atoms with E-state index in [-0.39, 0.29) is 12.0 Å². The fourth-order valence-electron chi connectivity index (χ4n) is 2.18. The van der Waals surface area contributed by atoms with Crippen LogP contribution in [0.3, 0.4) is 0 Å². The summed E-state index contributed by atoms with van der Waals surface area (Å²) in [5, 5.41) is 6.33. The molecule has 0 saturated heterocycles. The number of benzene rings is 1. The molecule has 2 rings (SSSR count). The lowest BCUT2D eigenvalue weighted by atomic mass is 10.0. The summed E-state index contributed by atoms with van der Waals surface area (Å²) in [4.78, 5) is 35.2. The van der Waals surface area contributed by atoms with Crippen LogP contribution in [0.15, 0.2) is 34.9 Å². The molecule has 0 fully saturated rings. The third-order valence-electron chi connectivity index (χ3n) is 3.40. The number of primary amides is 1. The Labute approximate surface area is 132 Å². The second-order valence-electron chi connectivity index (χ2n) is 5.00. The van der Waals surface area contributed by atoms with E-state index in [1.807, 2.05) is 6.07 Å². The summed E-state index contributed by atoms with van der Waals surface area (Å²) in [6.07, 6.45) is 0.249. The van der Waals surface area contributed by atoms with Crippen LogP contribution in [0.1, 0.15) is 29.4 Å². The van der Waals surface area contributed by atoms with Gasteiger partial charge in [0.1, 0.15) is 5.56 Å². The maximum absolute atomic E-state index is 12.5. The Morgan fingerprint density at radius 2 is 1.91 bits per heavy atom. The summed E-state index contributed by atoms with van der Waals surface area (Å²) in [6, 6.07) is 8.04. The molecule has 0 spiro atoms. The van der Waals surface area contributed by atoms with Gasteiger partial charge in [0.15, 0.2) is 5.76 Å². The number of hydrogen-bond acceptors (Lipinski definition) is 5. The second-order valence-corrected chi connectivity index (χ2v) is 5.00. The van der Waals surface area contributed by atoms with E-state index in [0.29, 0.717) is 17.0 Å². The first-order valence-electron chi connectivity index (χ1n) is 7.11. The Balaban J connectivity index is 2.32. The average molecular weight is 315 g/mol. The van der Waals surface area contributed by atoms with Gasteiger partial charge in [-0.1, -0.05) is 42.4 Å². The van der Waals surface area contributed by atoms with Crippen molar-refractivity contribution in [3.8, 4) is 11.3 Å². The fourth-order valence-corrected chi connectivity index (χ4v) is 2.18. The first-order chi connectivity index (χ1) is 11.0. The monoisotopic (exact) mass is 315 g/mol. The van der Waals surface area contributed by atoms with E-state index in [1.165, 1.54) is 0 Å². The molecule has 1 atom stereocenters. The van der Waals surface area contributed by atoms with Crippen molar-refractivity contribution in [3.05, 3.63) is 41.6 Å². The molecule has 1 aromatic heterocycles. The summed E-state index contributed by atoms with van der Waals surface area (Å²) in [5.41, 5.74) is 6.29. The number of rotatable bonds is 6. The largest absolute Gasteiger partial charge is 0.363 e. The Morgan fingerprint density at radius 1 is 1.26 bits per heavy atom. The number of Topliss-reactive ketones (excluding diaryl/α,β-unsaturated/α-hetero) is 1. The number of ketones is 1. The van der Waals surface area contributed by atoms with Gasteiger partial charge in [0.25, 0.3) is 11.8 Å². The van der Waals surface area contributed by atoms with Crippen molar-refractivity contribution in [3.63, 3.8) is 0 Å². The van der Waals surface area contributed by atoms with Gasteiger partial charge in [0.2, 0.25) is 5.78 Å². The van der Waals surface area contributed by atoms with Gasteiger partial charge >= 0.3 is 0 Å². The van der Waals surface area contributed by atoms with E-state index < -0.39 is 23.6 Å². The number of aromatic nitrogens is 1. The Hall–Kier alpha value is -2.96. The van der Waals surface area contributed by atoms with Crippen molar-refractivity contribution >= 4 is 17.6 Å². The van der Waals surface area contributed by atoms with Crippen LogP contribution in [0.25, 0.3) is 11.3 Å². The summed E-state index contributed by atoms with van der Waals surface area (Å²) in [7, 11) is 0. The normalized spacial score (nSPS) is 11.7. The SMILES string of the molecule is CC[C@H](NC(=O)c1c(C)noc1-c1ccccc1)C(=O)C(N)=O. The van der Waals surface area contributed by atoms with Gasteiger partial charge in [-0.3, -0.25) is 14.4 Å². The highest BCUT2D eigenvalue weighted by atomic mass is 16.5. The van der Waals surface area contributed by atoms with Gasteiger partial charge in [0.05, 0.1) is 11.7 Å². The topological polar surface area (TPSA) is 115 Å². The third-order valence-corrected chi connectivity index (χ3v) is 3.40. The standard InChI is InChI=1S/C16H17N3O4/c1-3-11(13(20)15(17)21)18-16(22)12-9(2)19-23-14(12)10-7-5-4-6-8-10/h4-8,11H,3H2,1-2H3,(H2,17,21)(H,18,22)/t11-/m0/s1. The van der Waals surface area contributed by atoms with Gasteiger partial charge in [0, 0.05) is 5.56 Å².